The predicted octanol–water partition coefficient (Wildman–Crippen LogP) is 4.85. The van der Waals surface area contributed by atoms with Crippen molar-refractivity contribution in [3.63, 3.8) is 0 Å². The Morgan fingerprint density at radius 2 is 1.82 bits per heavy atom. The summed E-state index contributed by atoms with van der Waals surface area (Å²) in [6, 6.07) is 9.33. The van der Waals surface area contributed by atoms with E-state index in [0.717, 1.165) is 5.56 Å². The van der Waals surface area contributed by atoms with Crippen LogP contribution < -0.4 is 15.2 Å². The van der Waals surface area contributed by atoms with E-state index in [2.05, 4.69) is 25.0 Å². The van der Waals surface area contributed by atoms with Gasteiger partial charge in [-0.05, 0) is 67.8 Å². The first-order valence-corrected chi connectivity index (χ1v) is 14.6. The van der Waals surface area contributed by atoms with Gasteiger partial charge in [-0.3, -0.25) is 9.69 Å². The molecule has 0 radical (unpaired) electrons. The number of benzene rings is 2. The number of ether oxygens (including phenoxy) is 2. The fourth-order valence-corrected chi connectivity index (χ4v) is 5.31. The van der Waals surface area contributed by atoms with Gasteiger partial charge in [0.25, 0.3) is 5.91 Å². The number of rotatable bonds is 4. The maximum absolute atomic E-state index is 14.7. The second-order valence-electron chi connectivity index (χ2n) is 10.3. The summed E-state index contributed by atoms with van der Waals surface area (Å²) in [7, 11) is -0.264. The second kappa shape index (κ2) is 9.17. The first kappa shape index (κ1) is 24.8. The third kappa shape index (κ3) is 5.74. The van der Waals surface area contributed by atoms with Crippen LogP contribution in [-0.4, -0.2) is 44.2 Å². The molecule has 0 saturated heterocycles. The van der Waals surface area contributed by atoms with E-state index in [-0.39, 0.29) is 5.82 Å². The lowest BCUT2D eigenvalue weighted by Crippen LogP contribution is -2.47. The third-order valence-electron chi connectivity index (χ3n) is 5.50. The van der Waals surface area contributed by atoms with Crippen LogP contribution >= 0.6 is 0 Å². The summed E-state index contributed by atoms with van der Waals surface area (Å²) < 4.78 is 25.6. The molecule has 1 atom stereocenters. The standard InChI is InChI=1S/C25H33FN2O4Si/c1-25(2,3)32-24(30)28-13-12-16-14-18(31-4)9-10-19(16)22(28)23(29)27-17-8-11-21(20(26)15-17)33(5,6)7/h8-11,14-15,22H,12-13H2,1-7H3,(H,27,29)/t22-/m0/s1. The van der Waals surface area contributed by atoms with Crippen LogP contribution in [0.5, 0.6) is 5.75 Å². The lowest BCUT2D eigenvalue weighted by atomic mass is 9.92. The Morgan fingerprint density at radius 3 is 2.39 bits per heavy atom. The van der Waals surface area contributed by atoms with Crippen molar-refractivity contribution in [2.24, 2.45) is 0 Å². The number of anilines is 1. The monoisotopic (exact) mass is 472 g/mol. The minimum Gasteiger partial charge on any atom is -0.497 e. The van der Waals surface area contributed by atoms with Crippen LogP contribution in [0.3, 0.4) is 0 Å². The normalized spacial score (nSPS) is 16.1. The van der Waals surface area contributed by atoms with Gasteiger partial charge in [0.15, 0.2) is 0 Å². The van der Waals surface area contributed by atoms with E-state index < -0.39 is 31.7 Å². The Balaban J connectivity index is 1.95. The summed E-state index contributed by atoms with van der Waals surface area (Å²) in [5, 5.41) is 3.50. The molecule has 0 aromatic heterocycles. The van der Waals surface area contributed by atoms with Gasteiger partial charge in [-0.25, -0.2) is 9.18 Å². The van der Waals surface area contributed by atoms with E-state index >= 15 is 0 Å². The molecule has 1 aliphatic rings. The Bertz CT molecular complexity index is 1060. The zero-order chi connectivity index (χ0) is 24.6. The largest absolute Gasteiger partial charge is 0.497 e. The van der Waals surface area contributed by atoms with Crippen LogP contribution in [-0.2, 0) is 16.0 Å². The number of amides is 2. The molecule has 1 aliphatic heterocycles. The summed E-state index contributed by atoms with van der Waals surface area (Å²) in [5.41, 5.74) is 1.28. The molecule has 8 heteroatoms. The summed E-state index contributed by atoms with van der Waals surface area (Å²) in [4.78, 5) is 27.9. The SMILES string of the molecule is COc1ccc2c(c1)CCN(C(=O)OC(C)(C)C)[C@@H]2C(=O)Nc1ccc([Si](C)(C)C)c(F)c1. The Kier molecular flexibility index (Phi) is 6.88. The molecule has 0 bridgehead atoms. The molecule has 0 fully saturated rings. The van der Waals surface area contributed by atoms with Crippen molar-refractivity contribution in [2.75, 3.05) is 19.0 Å². The van der Waals surface area contributed by atoms with Gasteiger partial charge in [0.1, 0.15) is 23.2 Å². The van der Waals surface area contributed by atoms with E-state index in [1.54, 1.807) is 52.1 Å². The van der Waals surface area contributed by atoms with Crippen molar-refractivity contribution in [3.8, 4) is 5.75 Å². The fraction of sp³-hybridized carbons (Fsp3) is 0.440. The van der Waals surface area contributed by atoms with Gasteiger partial charge in [-0.2, -0.15) is 0 Å². The third-order valence-corrected chi connectivity index (χ3v) is 7.52. The van der Waals surface area contributed by atoms with E-state index in [0.29, 0.717) is 35.2 Å². The number of fused-ring (bicyclic) bond motifs is 1. The van der Waals surface area contributed by atoms with Crippen molar-refractivity contribution in [3.05, 3.63) is 53.3 Å². The van der Waals surface area contributed by atoms with Gasteiger partial charge in [0.2, 0.25) is 0 Å². The summed E-state index contributed by atoms with van der Waals surface area (Å²) in [6.07, 6.45) is -0.000814. The first-order valence-electron chi connectivity index (χ1n) is 11.1. The number of nitrogens with one attached hydrogen (secondary N) is 1. The molecule has 0 spiro atoms. The number of nitrogens with zero attached hydrogens (tertiary/aromatic N) is 1. The van der Waals surface area contributed by atoms with Crippen molar-refractivity contribution in [1.29, 1.82) is 0 Å². The van der Waals surface area contributed by atoms with Crippen molar-refractivity contribution in [1.82, 2.24) is 4.90 Å². The maximum atomic E-state index is 14.7. The smallest absolute Gasteiger partial charge is 0.411 e. The zero-order valence-corrected chi connectivity index (χ0v) is 21.4. The van der Waals surface area contributed by atoms with E-state index in [4.69, 9.17) is 9.47 Å². The van der Waals surface area contributed by atoms with Gasteiger partial charge in [-0.15, -0.1) is 0 Å². The zero-order valence-electron chi connectivity index (χ0n) is 20.4. The number of carbonyl (C=O) groups excluding carboxylic acids is 2. The minimum atomic E-state index is -1.85. The van der Waals surface area contributed by atoms with Crippen LogP contribution in [0.4, 0.5) is 14.9 Å². The number of hydrogen-bond donors (Lipinski definition) is 1. The molecule has 33 heavy (non-hydrogen) atoms. The van der Waals surface area contributed by atoms with Gasteiger partial charge in [-0.1, -0.05) is 31.8 Å². The highest BCUT2D eigenvalue weighted by molar-refractivity contribution is 6.88. The van der Waals surface area contributed by atoms with Crippen LogP contribution in [0.1, 0.15) is 37.9 Å². The molecule has 2 aromatic carbocycles. The summed E-state index contributed by atoms with van der Waals surface area (Å²) >= 11 is 0. The van der Waals surface area contributed by atoms with Crippen molar-refractivity contribution < 1.29 is 23.5 Å². The van der Waals surface area contributed by atoms with Crippen molar-refractivity contribution >= 4 is 30.9 Å². The highest BCUT2D eigenvalue weighted by Gasteiger charge is 2.38. The summed E-state index contributed by atoms with van der Waals surface area (Å²) in [5.74, 6) is -0.0699. The van der Waals surface area contributed by atoms with E-state index in [1.165, 1.54) is 11.0 Å². The first-order chi connectivity index (χ1) is 15.3. The molecular weight excluding hydrogens is 439 g/mol. The average Bonchev–Trinajstić information content (AvgIpc) is 2.70. The molecule has 0 saturated carbocycles. The van der Waals surface area contributed by atoms with Crippen LogP contribution in [0.2, 0.25) is 19.6 Å². The molecule has 0 aliphatic carbocycles. The molecule has 1 heterocycles. The Labute approximate surface area is 196 Å². The molecule has 3 rings (SSSR count). The van der Waals surface area contributed by atoms with Crippen molar-refractivity contribution in [2.45, 2.75) is 58.5 Å². The lowest BCUT2D eigenvalue weighted by molar-refractivity contribution is -0.121. The molecule has 6 nitrogen and oxygen atoms in total. The molecular formula is C25H33FN2O4Si. The number of carbonyl (C=O) groups is 2. The maximum Gasteiger partial charge on any atom is 0.411 e. The van der Waals surface area contributed by atoms with Gasteiger partial charge < -0.3 is 14.8 Å². The van der Waals surface area contributed by atoms with E-state index in [1.807, 2.05) is 6.07 Å². The van der Waals surface area contributed by atoms with Crippen LogP contribution in [0.15, 0.2) is 36.4 Å². The molecule has 1 N–H and O–H groups in total. The number of methoxy groups -OCH3 is 1. The Morgan fingerprint density at radius 1 is 1.12 bits per heavy atom. The quantitative estimate of drug-likeness (QED) is 0.646. The lowest BCUT2D eigenvalue weighted by Gasteiger charge is -2.37. The van der Waals surface area contributed by atoms with Gasteiger partial charge in [0.05, 0.1) is 15.2 Å². The topological polar surface area (TPSA) is 67.9 Å². The summed E-state index contributed by atoms with van der Waals surface area (Å²) in [6.45, 7) is 11.9. The molecule has 2 amide bonds. The molecule has 2 aromatic rings. The highest BCUT2D eigenvalue weighted by Crippen LogP contribution is 2.34. The number of hydrogen-bond acceptors (Lipinski definition) is 4. The fourth-order valence-electron chi connectivity index (χ4n) is 3.94. The molecule has 0 unspecified atom stereocenters. The highest BCUT2D eigenvalue weighted by atomic mass is 28.3. The van der Waals surface area contributed by atoms with Gasteiger partial charge >= 0.3 is 6.09 Å². The minimum absolute atomic E-state index is 0.316. The second-order valence-corrected chi connectivity index (χ2v) is 15.4. The van der Waals surface area contributed by atoms with Crippen LogP contribution in [0.25, 0.3) is 0 Å². The molecule has 178 valence electrons. The number of halogens is 1. The average molecular weight is 473 g/mol. The van der Waals surface area contributed by atoms with Crippen LogP contribution in [0, 0.1) is 5.82 Å². The van der Waals surface area contributed by atoms with E-state index in [9.17, 15) is 14.0 Å². The van der Waals surface area contributed by atoms with Gasteiger partial charge in [0, 0.05) is 12.2 Å². The Hall–Kier alpha value is -2.87. The predicted molar refractivity (Wildman–Crippen MR) is 130 cm³/mol.